The summed E-state index contributed by atoms with van der Waals surface area (Å²) >= 11 is 0. The molecule has 1 aliphatic rings. The molecule has 0 radical (unpaired) electrons. The van der Waals surface area contributed by atoms with Gasteiger partial charge < -0.3 is 14.4 Å². The molecular formula is C15H19NO4. The van der Waals surface area contributed by atoms with Gasteiger partial charge in [-0.3, -0.25) is 4.79 Å². The maximum atomic E-state index is 12.7. The first-order chi connectivity index (χ1) is 9.56. The number of ether oxygens (including phenoxy) is 2. The summed E-state index contributed by atoms with van der Waals surface area (Å²) in [5.41, 5.74) is 2.62. The van der Waals surface area contributed by atoms with Crippen molar-refractivity contribution >= 4 is 11.9 Å². The van der Waals surface area contributed by atoms with E-state index in [-0.39, 0.29) is 12.5 Å². The van der Waals surface area contributed by atoms with Crippen LogP contribution in [0.25, 0.3) is 0 Å². The Morgan fingerprint density at radius 3 is 2.80 bits per heavy atom. The zero-order chi connectivity index (χ0) is 14.7. The second-order valence-corrected chi connectivity index (χ2v) is 4.86. The van der Waals surface area contributed by atoms with Crippen LogP contribution in [0.2, 0.25) is 0 Å². The molecule has 108 valence electrons. The van der Waals surface area contributed by atoms with E-state index in [4.69, 9.17) is 9.47 Å². The predicted molar refractivity (Wildman–Crippen MR) is 73.6 cm³/mol. The summed E-state index contributed by atoms with van der Waals surface area (Å²) in [5, 5.41) is 0. The number of carbonyl (C=O) groups is 2. The van der Waals surface area contributed by atoms with E-state index in [0.29, 0.717) is 18.7 Å². The van der Waals surface area contributed by atoms with Crippen molar-refractivity contribution in [3.8, 4) is 0 Å². The fourth-order valence-electron chi connectivity index (χ4n) is 2.32. The van der Waals surface area contributed by atoms with Crippen molar-refractivity contribution in [2.45, 2.75) is 19.9 Å². The summed E-state index contributed by atoms with van der Waals surface area (Å²) in [7, 11) is 1.32. The van der Waals surface area contributed by atoms with Crippen LogP contribution in [0, 0.1) is 13.8 Å². The molecule has 1 aromatic rings. The predicted octanol–water partition coefficient (Wildman–Crippen LogP) is 1.32. The van der Waals surface area contributed by atoms with Gasteiger partial charge in [0.1, 0.15) is 0 Å². The molecule has 0 aliphatic carbocycles. The molecule has 1 aliphatic heterocycles. The first kappa shape index (κ1) is 14.5. The molecule has 1 fully saturated rings. The van der Waals surface area contributed by atoms with E-state index in [0.717, 1.165) is 11.1 Å². The third-order valence-electron chi connectivity index (χ3n) is 3.70. The summed E-state index contributed by atoms with van der Waals surface area (Å²) in [6, 6.07) is 4.93. The van der Waals surface area contributed by atoms with Crippen LogP contribution in [0.5, 0.6) is 0 Å². The van der Waals surface area contributed by atoms with Gasteiger partial charge in [-0.2, -0.15) is 0 Å². The zero-order valence-electron chi connectivity index (χ0n) is 12.0. The van der Waals surface area contributed by atoms with E-state index in [2.05, 4.69) is 0 Å². The van der Waals surface area contributed by atoms with Crippen molar-refractivity contribution in [1.82, 2.24) is 4.90 Å². The number of methoxy groups -OCH3 is 1. The molecule has 0 saturated carbocycles. The van der Waals surface area contributed by atoms with Crippen molar-refractivity contribution in [3.63, 3.8) is 0 Å². The van der Waals surface area contributed by atoms with Crippen LogP contribution in [-0.4, -0.2) is 49.7 Å². The normalized spacial score (nSPS) is 18.8. The Labute approximate surface area is 118 Å². The minimum Gasteiger partial charge on any atom is -0.467 e. The second kappa shape index (κ2) is 6.05. The molecule has 1 unspecified atom stereocenters. The number of rotatable bonds is 2. The third-order valence-corrected chi connectivity index (χ3v) is 3.70. The van der Waals surface area contributed by atoms with E-state index in [1.807, 2.05) is 26.0 Å². The van der Waals surface area contributed by atoms with Gasteiger partial charge in [-0.05, 0) is 31.0 Å². The summed E-state index contributed by atoms with van der Waals surface area (Å²) < 4.78 is 10.0. The highest BCUT2D eigenvalue weighted by molar-refractivity contribution is 5.98. The van der Waals surface area contributed by atoms with Gasteiger partial charge in [-0.1, -0.05) is 12.1 Å². The van der Waals surface area contributed by atoms with Gasteiger partial charge in [-0.25, -0.2) is 4.79 Å². The summed E-state index contributed by atoms with van der Waals surface area (Å²) in [6.45, 7) is 4.89. The highest BCUT2D eigenvalue weighted by Crippen LogP contribution is 2.18. The highest BCUT2D eigenvalue weighted by Gasteiger charge is 2.34. The molecular weight excluding hydrogens is 258 g/mol. The molecule has 1 heterocycles. The van der Waals surface area contributed by atoms with Crippen molar-refractivity contribution in [2.24, 2.45) is 0 Å². The number of carbonyl (C=O) groups excluding carboxylic acids is 2. The topological polar surface area (TPSA) is 55.8 Å². The number of nitrogens with zero attached hydrogens (tertiary/aromatic N) is 1. The standard InChI is InChI=1S/C15H19NO4/c1-10-5-4-6-12(11(10)2)14(17)16-7-8-20-9-13(16)15(18)19-3/h4-6,13H,7-9H2,1-3H3. The van der Waals surface area contributed by atoms with Crippen LogP contribution >= 0.6 is 0 Å². The Balaban J connectivity index is 2.30. The number of esters is 1. The average molecular weight is 277 g/mol. The molecule has 5 nitrogen and oxygen atoms in total. The molecule has 0 N–H and O–H groups in total. The van der Waals surface area contributed by atoms with Crippen molar-refractivity contribution < 1.29 is 19.1 Å². The van der Waals surface area contributed by atoms with Crippen LogP contribution in [0.3, 0.4) is 0 Å². The van der Waals surface area contributed by atoms with Crippen LogP contribution < -0.4 is 0 Å². The molecule has 0 bridgehead atoms. The van der Waals surface area contributed by atoms with Crippen LogP contribution in [0.4, 0.5) is 0 Å². The van der Waals surface area contributed by atoms with Crippen molar-refractivity contribution in [2.75, 3.05) is 26.9 Å². The SMILES string of the molecule is COC(=O)C1COCCN1C(=O)c1cccc(C)c1C. The van der Waals surface area contributed by atoms with Gasteiger partial charge >= 0.3 is 5.97 Å². The minimum atomic E-state index is -0.666. The number of morpholine rings is 1. The summed E-state index contributed by atoms with van der Waals surface area (Å²) in [6.07, 6.45) is 0. The number of hydrogen-bond acceptors (Lipinski definition) is 4. The average Bonchev–Trinajstić information content (AvgIpc) is 2.48. The highest BCUT2D eigenvalue weighted by atomic mass is 16.5. The molecule has 1 aromatic carbocycles. The maximum absolute atomic E-state index is 12.7. The van der Waals surface area contributed by atoms with E-state index >= 15 is 0 Å². The summed E-state index contributed by atoms with van der Waals surface area (Å²) in [4.78, 5) is 26.0. The van der Waals surface area contributed by atoms with Crippen molar-refractivity contribution in [1.29, 1.82) is 0 Å². The zero-order valence-corrected chi connectivity index (χ0v) is 12.0. The Morgan fingerprint density at radius 1 is 1.35 bits per heavy atom. The van der Waals surface area contributed by atoms with E-state index < -0.39 is 12.0 Å². The molecule has 1 amide bonds. The van der Waals surface area contributed by atoms with Gasteiger partial charge in [-0.15, -0.1) is 0 Å². The van der Waals surface area contributed by atoms with Gasteiger partial charge in [0.15, 0.2) is 6.04 Å². The molecule has 5 heteroatoms. The molecule has 1 atom stereocenters. The Morgan fingerprint density at radius 2 is 2.10 bits per heavy atom. The Kier molecular flexibility index (Phi) is 4.39. The first-order valence-corrected chi connectivity index (χ1v) is 6.59. The fraction of sp³-hybridized carbons (Fsp3) is 0.467. The van der Waals surface area contributed by atoms with E-state index in [9.17, 15) is 9.59 Å². The van der Waals surface area contributed by atoms with Gasteiger partial charge in [0.2, 0.25) is 0 Å². The Hall–Kier alpha value is -1.88. The van der Waals surface area contributed by atoms with E-state index in [1.54, 1.807) is 6.07 Å². The number of amides is 1. The molecule has 1 saturated heterocycles. The van der Waals surface area contributed by atoms with Crippen LogP contribution in [0.1, 0.15) is 21.5 Å². The van der Waals surface area contributed by atoms with Crippen LogP contribution in [-0.2, 0) is 14.3 Å². The van der Waals surface area contributed by atoms with Crippen molar-refractivity contribution in [3.05, 3.63) is 34.9 Å². The third kappa shape index (κ3) is 2.67. The maximum Gasteiger partial charge on any atom is 0.331 e. The number of aryl methyl sites for hydroxylation is 1. The molecule has 2 rings (SSSR count). The van der Waals surface area contributed by atoms with Gasteiger partial charge in [0.05, 0.1) is 20.3 Å². The Bertz CT molecular complexity index is 527. The second-order valence-electron chi connectivity index (χ2n) is 4.86. The lowest BCUT2D eigenvalue weighted by molar-refractivity contribution is -0.151. The van der Waals surface area contributed by atoms with Gasteiger partial charge in [0.25, 0.3) is 5.91 Å². The molecule has 0 aromatic heterocycles. The molecule has 20 heavy (non-hydrogen) atoms. The van der Waals surface area contributed by atoms with Gasteiger partial charge in [0, 0.05) is 12.1 Å². The monoisotopic (exact) mass is 277 g/mol. The number of benzene rings is 1. The number of hydrogen-bond donors (Lipinski definition) is 0. The lowest BCUT2D eigenvalue weighted by atomic mass is 10.0. The summed E-state index contributed by atoms with van der Waals surface area (Å²) in [5.74, 6) is -0.590. The molecule has 0 spiro atoms. The van der Waals surface area contributed by atoms with Crippen LogP contribution in [0.15, 0.2) is 18.2 Å². The largest absolute Gasteiger partial charge is 0.467 e. The lowest BCUT2D eigenvalue weighted by Crippen LogP contribution is -2.53. The fourth-order valence-corrected chi connectivity index (χ4v) is 2.32. The first-order valence-electron chi connectivity index (χ1n) is 6.59. The minimum absolute atomic E-state index is 0.148. The lowest BCUT2D eigenvalue weighted by Gasteiger charge is -2.34. The smallest absolute Gasteiger partial charge is 0.331 e. The quantitative estimate of drug-likeness (QED) is 0.765. The van der Waals surface area contributed by atoms with E-state index in [1.165, 1.54) is 12.0 Å².